The fraction of sp³-hybridized carbons (Fsp3) is 0.484. The predicted molar refractivity (Wildman–Crippen MR) is 164 cm³/mol. The van der Waals surface area contributed by atoms with E-state index in [1.54, 1.807) is 17.0 Å². The molecule has 11 heteroatoms. The average Bonchev–Trinajstić information content (AvgIpc) is 3.76. The molecule has 0 aromatic heterocycles. The first-order valence-electron chi connectivity index (χ1n) is 14.5. The summed E-state index contributed by atoms with van der Waals surface area (Å²) in [4.78, 5) is 45.8. The first-order valence-corrected chi connectivity index (χ1v) is 14.9. The van der Waals surface area contributed by atoms with E-state index in [1.807, 2.05) is 43.3 Å². The second-order valence-corrected chi connectivity index (χ2v) is 11.9. The minimum Gasteiger partial charge on any atom is -0.442 e. The second-order valence-electron chi connectivity index (χ2n) is 11.5. The molecule has 0 spiro atoms. The summed E-state index contributed by atoms with van der Waals surface area (Å²) in [6.07, 6.45) is 1.66. The van der Waals surface area contributed by atoms with Gasteiger partial charge >= 0.3 is 6.09 Å². The molecule has 2 aromatic carbocycles. The minimum absolute atomic E-state index is 0.0493. The van der Waals surface area contributed by atoms with E-state index in [0.29, 0.717) is 62.1 Å². The summed E-state index contributed by atoms with van der Waals surface area (Å²) in [5, 5.41) is 3.18. The summed E-state index contributed by atoms with van der Waals surface area (Å²) in [6.45, 7) is 3.41. The van der Waals surface area contributed by atoms with Crippen molar-refractivity contribution in [2.75, 3.05) is 63.2 Å². The van der Waals surface area contributed by atoms with E-state index in [-0.39, 0.29) is 30.6 Å². The number of rotatable bonds is 11. The first kappa shape index (κ1) is 29.9. The molecule has 9 nitrogen and oxygen atoms in total. The highest BCUT2D eigenvalue weighted by Gasteiger charge is 2.34. The third-order valence-corrected chi connectivity index (χ3v) is 8.36. The number of hydrogen-bond acceptors (Lipinski definition) is 7. The van der Waals surface area contributed by atoms with Gasteiger partial charge in [0.2, 0.25) is 5.91 Å². The normalized spacial score (nSPS) is 18.8. The highest BCUT2D eigenvalue weighted by Crippen LogP contribution is 2.31. The molecule has 42 heavy (non-hydrogen) atoms. The van der Waals surface area contributed by atoms with Gasteiger partial charge in [-0.2, -0.15) is 0 Å². The van der Waals surface area contributed by atoms with E-state index in [0.717, 1.165) is 29.9 Å². The number of thiocarbonyl (C=S) groups is 1. The molecule has 2 saturated heterocycles. The molecular weight excluding hydrogens is 557 g/mol. The number of benzene rings is 2. The molecule has 224 valence electrons. The van der Waals surface area contributed by atoms with Crippen LogP contribution in [0.4, 0.5) is 20.6 Å². The Hall–Kier alpha value is -3.57. The molecule has 2 amide bonds. The number of amides is 2. The zero-order valence-electron chi connectivity index (χ0n) is 24.2. The van der Waals surface area contributed by atoms with Gasteiger partial charge in [0.1, 0.15) is 11.9 Å². The zero-order valence-corrected chi connectivity index (χ0v) is 25.0. The number of hydrogen-bond donors (Lipinski definition) is 1. The molecule has 0 bridgehead atoms. The van der Waals surface area contributed by atoms with Gasteiger partial charge in [0.05, 0.1) is 29.5 Å². The van der Waals surface area contributed by atoms with Crippen molar-refractivity contribution in [3.63, 3.8) is 0 Å². The summed E-state index contributed by atoms with van der Waals surface area (Å²) in [7, 11) is 3.98. The molecule has 1 unspecified atom stereocenters. The molecule has 1 saturated carbocycles. The molecule has 0 radical (unpaired) electrons. The van der Waals surface area contributed by atoms with Crippen LogP contribution in [0.25, 0.3) is 0 Å². The lowest BCUT2D eigenvalue weighted by Crippen LogP contribution is -2.49. The fourth-order valence-electron chi connectivity index (χ4n) is 5.34. The summed E-state index contributed by atoms with van der Waals surface area (Å²) < 4.78 is 20.7. The van der Waals surface area contributed by atoms with Crippen molar-refractivity contribution in [3.8, 4) is 0 Å². The number of anilines is 2. The summed E-state index contributed by atoms with van der Waals surface area (Å²) >= 11 is 5.34. The van der Waals surface area contributed by atoms with Crippen LogP contribution in [0.1, 0.15) is 41.6 Å². The van der Waals surface area contributed by atoms with Gasteiger partial charge in [0, 0.05) is 57.0 Å². The van der Waals surface area contributed by atoms with E-state index in [9.17, 15) is 14.4 Å². The van der Waals surface area contributed by atoms with Crippen LogP contribution in [0.2, 0.25) is 0 Å². The maximum absolute atomic E-state index is 15.2. The molecule has 3 aliphatic rings. The van der Waals surface area contributed by atoms with Gasteiger partial charge < -0.3 is 24.8 Å². The van der Waals surface area contributed by atoms with Crippen molar-refractivity contribution >= 4 is 46.4 Å². The maximum Gasteiger partial charge on any atom is 0.414 e. The Balaban J connectivity index is 1.08. The van der Waals surface area contributed by atoms with Crippen molar-refractivity contribution in [1.29, 1.82) is 0 Å². The van der Waals surface area contributed by atoms with Crippen LogP contribution in [0.3, 0.4) is 0 Å². The number of carbonyl (C=O) groups is 3. The lowest BCUT2D eigenvalue weighted by atomic mass is 10.0. The zero-order chi connectivity index (χ0) is 29.8. The van der Waals surface area contributed by atoms with Crippen molar-refractivity contribution in [3.05, 3.63) is 59.4 Å². The number of nitrogens with one attached hydrogen (secondary N) is 1. The lowest BCUT2D eigenvalue weighted by molar-refractivity contribution is -0.131. The van der Waals surface area contributed by atoms with Crippen LogP contribution >= 0.6 is 12.2 Å². The number of ketones is 1. The smallest absolute Gasteiger partial charge is 0.414 e. The largest absolute Gasteiger partial charge is 0.442 e. The average molecular weight is 596 g/mol. The number of ether oxygens (including phenoxy) is 1. The number of halogens is 1. The van der Waals surface area contributed by atoms with E-state index < -0.39 is 11.9 Å². The Morgan fingerprint density at radius 2 is 1.76 bits per heavy atom. The quantitative estimate of drug-likeness (QED) is 0.310. The highest BCUT2D eigenvalue weighted by molar-refractivity contribution is 7.80. The van der Waals surface area contributed by atoms with Crippen LogP contribution in [0.5, 0.6) is 0 Å². The maximum atomic E-state index is 15.2. The molecule has 1 aliphatic carbocycles. The molecule has 1 atom stereocenters. The summed E-state index contributed by atoms with van der Waals surface area (Å²) in [5.41, 5.74) is 2.61. The number of piperazine rings is 1. The lowest BCUT2D eigenvalue weighted by Gasteiger charge is -2.36. The topological polar surface area (TPSA) is 85.4 Å². The Labute approximate surface area is 251 Å². The van der Waals surface area contributed by atoms with E-state index in [2.05, 4.69) is 10.2 Å². The molecule has 2 heterocycles. The molecule has 3 fully saturated rings. The Morgan fingerprint density at radius 3 is 2.40 bits per heavy atom. The van der Waals surface area contributed by atoms with Crippen LogP contribution < -0.4 is 15.1 Å². The van der Waals surface area contributed by atoms with Crippen LogP contribution in [-0.2, 0) is 16.1 Å². The van der Waals surface area contributed by atoms with Gasteiger partial charge in [-0.1, -0.05) is 36.5 Å². The predicted octanol–water partition coefficient (Wildman–Crippen LogP) is 3.85. The first-order chi connectivity index (χ1) is 20.2. The van der Waals surface area contributed by atoms with Crippen molar-refractivity contribution in [2.45, 2.75) is 38.3 Å². The van der Waals surface area contributed by atoms with Crippen LogP contribution in [-0.4, -0.2) is 92.0 Å². The molecule has 5 rings (SSSR count). The fourth-order valence-corrected chi connectivity index (χ4v) is 5.66. The van der Waals surface area contributed by atoms with Crippen molar-refractivity contribution in [2.24, 2.45) is 5.92 Å². The Bertz CT molecular complexity index is 1330. The number of carbonyl (C=O) groups excluding carboxylic acids is 3. The van der Waals surface area contributed by atoms with E-state index >= 15 is 4.39 Å². The Kier molecular flexibility index (Phi) is 9.37. The number of nitrogens with zero attached hydrogens (tertiary/aromatic N) is 4. The van der Waals surface area contributed by atoms with Gasteiger partial charge in [0.15, 0.2) is 5.78 Å². The van der Waals surface area contributed by atoms with Crippen molar-refractivity contribution < 1.29 is 23.5 Å². The summed E-state index contributed by atoms with van der Waals surface area (Å²) in [6, 6.07) is 12.3. The van der Waals surface area contributed by atoms with Crippen LogP contribution in [0.15, 0.2) is 42.5 Å². The molecular formula is C31H38FN5O4S. The Morgan fingerprint density at radius 1 is 1.05 bits per heavy atom. The van der Waals surface area contributed by atoms with Gasteiger partial charge in [0.25, 0.3) is 0 Å². The van der Waals surface area contributed by atoms with Gasteiger partial charge in [-0.25, -0.2) is 9.18 Å². The van der Waals surface area contributed by atoms with E-state index in [4.69, 9.17) is 17.0 Å². The van der Waals surface area contributed by atoms with Gasteiger partial charge in [-0.3, -0.25) is 14.5 Å². The third-order valence-electron chi connectivity index (χ3n) is 7.88. The number of cyclic esters (lactones) is 1. The third kappa shape index (κ3) is 7.43. The van der Waals surface area contributed by atoms with E-state index in [1.165, 1.54) is 11.0 Å². The van der Waals surface area contributed by atoms with Gasteiger partial charge in [-0.15, -0.1) is 0 Å². The highest BCUT2D eigenvalue weighted by atomic mass is 32.1. The summed E-state index contributed by atoms with van der Waals surface area (Å²) in [5.74, 6) is -0.108. The number of Topliss-reactive ketones (excluding diaryl/α,β-unsaturated/α-hetero) is 1. The van der Waals surface area contributed by atoms with Crippen LogP contribution in [0, 0.1) is 11.7 Å². The van der Waals surface area contributed by atoms with Gasteiger partial charge in [-0.05, 0) is 50.7 Å². The molecule has 1 N–H and O–H groups in total. The SMILES string of the molecule is CN(C)Cc1ccc(C(=O)CCC(=O)N2CCN(c3ccc(N4CC(CNC(=S)C5CC5)OC4=O)cc3F)CC2)cc1. The second kappa shape index (κ2) is 13.2. The standard InChI is InChI=1S/C31H38FN5O4S/c1-34(2)19-21-3-5-22(6-4-21)28(38)11-12-29(39)36-15-13-35(14-16-36)27-10-9-24(17-26(27)32)37-20-25(41-31(37)40)18-33-30(42)23-7-8-23/h3-6,9-10,17,23,25H,7-8,11-16,18-20H2,1-2H3,(H,33,42). The minimum atomic E-state index is -0.502. The van der Waals surface area contributed by atoms with Crippen molar-refractivity contribution in [1.82, 2.24) is 15.1 Å². The monoisotopic (exact) mass is 595 g/mol. The molecule has 2 aliphatic heterocycles. The molecule has 2 aromatic rings.